The molecule has 0 saturated heterocycles. The second-order valence-corrected chi connectivity index (χ2v) is 8.58. The Morgan fingerprint density at radius 1 is 1.09 bits per heavy atom. The number of anilines is 1. The second-order valence-electron chi connectivity index (χ2n) is 8.58. The van der Waals surface area contributed by atoms with Crippen LogP contribution in [0.4, 0.5) is 5.69 Å². The smallest absolute Gasteiger partial charge is 0.297 e. The van der Waals surface area contributed by atoms with Crippen molar-refractivity contribution in [3.63, 3.8) is 0 Å². The summed E-state index contributed by atoms with van der Waals surface area (Å²) in [5, 5.41) is 18.8. The van der Waals surface area contributed by atoms with E-state index in [1.807, 2.05) is 17.8 Å². The van der Waals surface area contributed by atoms with E-state index in [0.29, 0.717) is 31.4 Å². The number of carbonyl (C=O) groups excluding carboxylic acids is 2. The van der Waals surface area contributed by atoms with E-state index in [1.165, 1.54) is 19.3 Å². The third kappa shape index (κ3) is 4.26. The third-order valence-electron chi connectivity index (χ3n) is 6.37. The van der Waals surface area contributed by atoms with Gasteiger partial charge >= 0.3 is 0 Å². The molecule has 0 spiro atoms. The van der Waals surface area contributed by atoms with Gasteiger partial charge in [-0.2, -0.15) is 5.10 Å². The van der Waals surface area contributed by atoms with E-state index in [0.717, 1.165) is 35.1 Å². The largest absolute Gasteiger partial charge is 0.381 e. The number of carbonyl (C=O) groups is 2. The number of hydrogen-bond donors (Lipinski definition) is 3. The molecule has 1 aliphatic heterocycles. The lowest BCUT2D eigenvalue weighted by molar-refractivity contribution is -0.157. The number of amides is 2. The molecular formula is C23H33N7O3. The van der Waals surface area contributed by atoms with Gasteiger partial charge in [0, 0.05) is 37.4 Å². The van der Waals surface area contributed by atoms with Gasteiger partial charge in [0.05, 0.1) is 29.4 Å². The van der Waals surface area contributed by atoms with E-state index >= 15 is 0 Å². The summed E-state index contributed by atoms with van der Waals surface area (Å²) in [5.74, 6) is -0.992. The Kier molecular flexibility index (Phi) is 6.80. The van der Waals surface area contributed by atoms with Crippen molar-refractivity contribution in [3.8, 4) is 0 Å². The summed E-state index contributed by atoms with van der Waals surface area (Å²) in [6, 6.07) is 0.340. The van der Waals surface area contributed by atoms with Crippen molar-refractivity contribution in [3.05, 3.63) is 18.0 Å². The molecule has 4 rings (SSSR count). The van der Waals surface area contributed by atoms with Crippen LogP contribution in [0.25, 0.3) is 11.0 Å². The molecule has 2 amide bonds. The Morgan fingerprint density at radius 3 is 2.42 bits per heavy atom. The van der Waals surface area contributed by atoms with Gasteiger partial charge < -0.3 is 20.8 Å². The molecule has 10 heteroatoms. The molecule has 10 nitrogen and oxygen atoms in total. The highest BCUT2D eigenvalue weighted by Gasteiger charge is 2.53. The normalized spacial score (nSPS) is 18.0. The van der Waals surface area contributed by atoms with Crippen molar-refractivity contribution in [1.82, 2.24) is 25.4 Å². The fourth-order valence-electron chi connectivity index (χ4n) is 4.61. The van der Waals surface area contributed by atoms with Crippen LogP contribution in [0.1, 0.15) is 64.9 Å². The number of oxime groups is 1. The van der Waals surface area contributed by atoms with Crippen molar-refractivity contribution in [2.24, 2.45) is 5.16 Å². The number of nitrogens with zero attached hydrogens (tertiary/aromatic N) is 4. The van der Waals surface area contributed by atoms with Crippen LogP contribution in [0, 0.1) is 0 Å². The summed E-state index contributed by atoms with van der Waals surface area (Å²) >= 11 is 0. The fourth-order valence-corrected chi connectivity index (χ4v) is 4.61. The Morgan fingerprint density at radius 2 is 1.79 bits per heavy atom. The Labute approximate surface area is 193 Å². The molecule has 3 N–H and O–H groups in total. The van der Waals surface area contributed by atoms with Crippen LogP contribution in [0.5, 0.6) is 0 Å². The predicted octanol–water partition coefficient (Wildman–Crippen LogP) is 2.33. The lowest BCUT2D eigenvalue weighted by Gasteiger charge is -2.26. The van der Waals surface area contributed by atoms with Gasteiger partial charge in [0.1, 0.15) is 0 Å². The van der Waals surface area contributed by atoms with Crippen LogP contribution >= 0.6 is 0 Å². The Bertz CT molecular complexity index is 1040. The number of nitrogens with one attached hydrogen (secondary N) is 3. The van der Waals surface area contributed by atoms with Gasteiger partial charge in [0.25, 0.3) is 17.4 Å². The molecule has 0 unspecified atom stereocenters. The molecule has 1 fully saturated rings. The molecule has 178 valence electrons. The van der Waals surface area contributed by atoms with Crippen LogP contribution in [0.2, 0.25) is 0 Å². The zero-order chi connectivity index (χ0) is 23.4. The van der Waals surface area contributed by atoms with Gasteiger partial charge in [-0.3, -0.25) is 9.59 Å². The number of likely N-dealkylation sites (N-methyl/N-ethyl adjacent to an activating group) is 2. The highest BCUT2D eigenvalue weighted by molar-refractivity contribution is 6.18. The van der Waals surface area contributed by atoms with Gasteiger partial charge in [-0.15, -0.1) is 0 Å². The molecular weight excluding hydrogens is 422 g/mol. The van der Waals surface area contributed by atoms with Crippen LogP contribution in [0.15, 0.2) is 17.5 Å². The van der Waals surface area contributed by atoms with Gasteiger partial charge in [-0.05, 0) is 33.6 Å². The minimum atomic E-state index is -1.73. The van der Waals surface area contributed by atoms with Gasteiger partial charge in [-0.1, -0.05) is 24.4 Å². The van der Waals surface area contributed by atoms with Crippen molar-refractivity contribution in [1.29, 1.82) is 0 Å². The predicted molar refractivity (Wildman–Crippen MR) is 126 cm³/mol. The number of aromatic nitrogens is 3. The minimum Gasteiger partial charge on any atom is -0.381 e. The maximum Gasteiger partial charge on any atom is 0.297 e. The van der Waals surface area contributed by atoms with Crippen molar-refractivity contribution >= 4 is 34.2 Å². The summed E-state index contributed by atoms with van der Waals surface area (Å²) < 4.78 is 1.85. The van der Waals surface area contributed by atoms with Crippen molar-refractivity contribution in [2.75, 3.05) is 18.4 Å². The molecule has 2 aromatic heterocycles. The first kappa shape index (κ1) is 23.0. The average Bonchev–Trinajstić information content (AvgIpc) is 3.46. The second kappa shape index (κ2) is 9.76. The molecule has 3 heterocycles. The van der Waals surface area contributed by atoms with Gasteiger partial charge in [-0.25, -0.2) is 9.67 Å². The lowest BCUT2D eigenvalue weighted by atomic mass is 9.91. The molecule has 1 aliphatic carbocycles. The molecule has 2 aromatic rings. The highest BCUT2D eigenvalue weighted by Crippen LogP contribution is 2.35. The lowest BCUT2D eigenvalue weighted by Crippen LogP contribution is -2.57. The first-order chi connectivity index (χ1) is 16.0. The number of hydrogen-bond acceptors (Lipinski definition) is 7. The first-order valence-corrected chi connectivity index (χ1v) is 12.0. The molecule has 1 saturated carbocycles. The van der Waals surface area contributed by atoms with E-state index in [-0.39, 0.29) is 6.42 Å². The number of pyridine rings is 1. The summed E-state index contributed by atoms with van der Waals surface area (Å²) in [6.45, 7) is 7.11. The SMILES string of the molecule is CCNC(=O)C1(C(=O)NCC)CC(c2cnc3c(cnn3CC)c2NC2CCCCC2)=NO1. The summed E-state index contributed by atoms with van der Waals surface area (Å²) in [4.78, 5) is 36.1. The molecule has 0 radical (unpaired) electrons. The first-order valence-electron chi connectivity index (χ1n) is 12.0. The summed E-state index contributed by atoms with van der Waals surface area (Å²) in [6.07, 6.45) is 9.42. The fraction of sp³-hybridized carbons (Fsp3) is 0.609. The molecule has 0 bridgehead atoms. The maximum atomic E-state index is 12.9. The van der Waals surface area contributed by atoms with E-state index in [2.05, 4.69) is 31.2 Å². The van der Waals surface area contributed by atoms with Gasteiger partial charge in [0.2, 0.25) is 0 Å². The third-order valence-corrected chi connectivity index (χ3v) is 6.37. The topological polar surface area (TPSA) is 123 Å². The molecule has 2 aliphatic rings. The van der Waals surface area contributed by atoms with E-state index in [1.54, 1.807) is 20.0 Å². The van der Waals surface area contributed by atoms with Crippen LogP contribution in [0.3, 0.4) is 0 Å². The zero-order valence-corrected chi connectivity index (χ0v) is 19.6. The highest BCUT2D eigenvalue weighted by atomic mass is 16.7. The Balaban J connectivity index is 1.73. The standard InChI is InChI=1S/C23H33N7O3/c1-4-24-21(31)23(22(32)25-5-2)12-18(29-33-23)16-13-26-20-17(14-27-30(20)6-3)19(16)28-15-10-8-7-9-11-15/h13-15H,4-12H2,1-3H3,(H,24,31)(H,25,32)(H,26,28). The summed E-state index contributed by atoms with van der Waals surface area (Å²) in [7, 11) is 0. The molecule has 33 heavy (non-hydrogen) atoms. The van der Waals surface area contributed by atoms with E-state index in [9.17, 15) is 9.59 Å². The van der Waals surface area contributed by atoms with Crippen molar-refractivity contribution < 1.29 is 14.4 Å². The average molecular weight is 456 g/mol. The number of fused-ring (bicyclic) bond motifs is 1. The van der Waals surface area contributed by atoms with Crippen molar-refractivity contribution in [2.45, 2.75) is 77.5 Å². The quantitative estimate of drug-likeness (QED) is 0.525. The molecule has 0 aromatic carbocycles. The number of aryl methyl sites for hydroxylation is 1. The molecule has 0 atom stereocenters. The van der Waals surface area contributed by atoms with Gasteiger partial charge in [0.15, 0.2) is 5.65 Å². The maximum absolute atomic E-state index is 12.9. The Hall–Kier alpha value is -3.17. The number of rotatable bonds is 8. The minimum absolute atomic E-state index is 0.0269. The van der Waals surface area contributed by atoms with Crippen LogP contribution in [-0.2, 0) is 21.0 Å². The zero-order valence-electron chi connectivity index (χ0n) is 19.6. The van der Waals surface area contributed by atoms with Crippen LogP contribution < -0.4 is 16.0 Å². The van der Waals surface area contributed by atoms with E-state index in [4.69, 9.17) is 4.84 Å². The monoisotopic (exact) mass is 455 g/mol. The van der Waals surface area contributed by atoms with Crippen LogP contribution in [-0.4, -0.2) is 57.0 Å². The van der Waals surface area contributed by atoms with E-state index < -0.39 is 17.4 Å². The summed E-state index contributed by atoms with van der Waals surface area (Å²) in [5.41, 5.74) is 1.20.